The van der Waals surface area contributed by atoms with Crippen LogP contribution in [0, 0.1) is 0 Å². The van der Waals surface area contributed by atoms with Crippen LogP contribution in [-0.2, 0) is 27.9 Å². The van der Waals surface area contributed by atoms with Gasteiger partial charge in [0.2, 0.25) is 5.91 Å². The van der Waals surface area contributed by atoms with E-state index in [-0.39, 0.29) is 37.9 Å². The highest BCUT2D eigenvalue weighted by Gasteiger charge is 2.30. The number of phosphoric acid groups is 1. The van der Waals surface area contributed by atoms with Crippen molar-refractivity contribution in [2.45, 2.75) is 219 Å². The largest absolute Gasteiger partial charge is 0.472 e. The Balaban J connectivity index is 5.52. The number of hydrogen-bond acceptors (Lipinski definition) is 6. The summed E-state index contributed by atoms with van der Waals surface area (Å²) in [6.07, 6.45) is 66.7. The fourth-order valence-electron chi connectivity index (χ4n) is 7.17. The Kier molecular flexibility index (Phi) is 46.9. The van der Waals surface area contributed by atoms with Crippen LogP contribution in [0.4, 0.5) is 0 Å². The van der Waals surface area contributed by atoms with Crippen LogP contribution in [0.2, 0.25) is 0 Å². The number of allylic oxidation sites excluding steroid dienone is 17. The summed E-state index contributed by atoms with van der Waals surface area (Å²) in [7, 11) is 1.42. The minimum atomic E-state index is -4.47. The topological polar surface area (TPSA) is 111 Å². The molecule has 10 heteroatoms. The van der Waals surface area contributed by atoms with Gasteiger partial charge in [0.1, 0.15) is 19.3 Å². The van der Waals surface area contributed by atoms with Crippen molar-refractivity contribution >= 4 is 19.7 Å². The summed E-state index contributed by atoms with van der Waals surface area (Å²) >= 11 is 0. The summed E-state index contributed by atoms with van der Waals surface area (Å²) < 4.78 is 30.5. The standard InChI is InChI=1S/C60H103N2O7P/c1-7-10-13-16-19-22-25-27-29-31-33-35-38-41-44-47-50-53-60(64)69-58(51-48-45-42-39-36-24-21-18-15-12-9-3)57(56-68-70(65,66)67-55-54-62(4,5)6)61-59(63)52-49-46-43-40-37-34-32-30-28-26-23-20-17-14-11-8-2/h11,14,19-20,22-23,27-30,33-35,37,43,46,48,51,57-58H,7-10,12-13,15-18,21,24-26,31-32,36,38-42,44-45,47,49-50,52-56H2,1-6H3,(H-,61,63,65,66)/p+1/b14-11+,22-19-,23-20+,29-27-,30-28+,35-33-,37-34+,46-43+,51-48+. The number of unbranched alkanes of at least 4 members (excludes halogenated alkanes) is 16. The Bertz CT molecular complexity index is 1570. The lowest BCUT2D eigenvalue weighted by molar-refractivity contribution is -0.870. The monoisotopic (exact) mass is 996 g/mol. The van der Waals surface area contributed by atoms with Crippen molar-refractivity contribution in [3.8, 4) is 0 Å². The van der Waals surface area contributed by atoms with Gasteiger partial charge in [0.15, 0.2) is 0 Å². The zero-order chi connectivity index (χ0) is 51.5. The highest BCUT2D eigenvalue weighted by molar-refractivity contribution is 7.47. The first-order chi connectivity index (χ1) is 33.9. The zero-order valence-corrected chi connectivity index (χ0v) is 46.4. The first-order valence-corrected chi connectivity index (χ1v) is 29.2. The van der Waals surface area contributed by atoms with Gasteiger partial charge in [0.25, 0.3) is 0 Å². The van der Waals surface area contributed by atoms with E-state index in [1.807, 2.05) is 45.4 Å². The zero-order valence-electron chi connectivity index (χ0n) is 45.5. The molecule has 0 heterocycles. The van der Waals surface area contributed by atoms with Gasteiger partial charge < -0.3 is 19.4 Å². The molecule has 0 aliphatic rings. The van der Waals surface area contributed by atoms with Crippen molar-refractivity contribution in [3.63, 3.8) is 0 Å². The van der Waals surface area contributed by atoms with E-state index < -0.39 is 20.0 Å². The number of nitrogens with zero attached hydrogens (tertiary/aromatic N) is 1. The van der Waals surface area contributed by atoms with E-state index in [0.717, 1.165) is 89.9 Å². The number of carbonyl (C=O) groups is 2. The molecule has 70 heavy (non-hydrogen) atoms. The number of carbonyl (C=O) groups excluding carboxylic acids is 2. The van der Waals surface area contributed by atoms with E-state index in [9.17, 15) is 19.0 Å². The summed E-state index contributed by atoms with van der Waals surface area (Å²) in [4.78, 5) is 37.5. The van der Waals surface area contributed by atoms with Gasteiger partial charge in [-0.25, -0.2) is 4.57 Å². The number of nitrogens with one attached hydrogen (secondary N) is 1. The smallest absolute Gasteiger partial charge is 0.456 e. The minimum absolute atomic E-state index is 0.0175. The summed E-state index contributed by atoms with van der Waals surface area (Å²) in [5.74, 6) is -0.638. The number of phosphoric ester groups is 1. The van der Waals surface area contributed by atoms with Gasteiger partial charge >= 0.3 is 13.8 Å². The fourth-order valence-corrected chi connectivity index (χ4v) is 7.90. The molecule has 0 spiro atoms. The highest BCUT2D eigenvalue weighted by atomic mass is 31.2. The molecule has 0 saturated heterocycles. The van der Waals surface area contributed by atoms with Crippen molar-refractivity contribution < 1.29 is 37.3 Å². The third kappa shape index (κ3) is 49.6. The van der Waals surface area contributed by atoms with Gasteiger partial charge in [0, 0.05) is 12.8 Å². The summed E-state index contributed by atoms with van der Waals surface area (Å²) in [6, 6.07) is -0.903. The molecule has 0 aliphatic heterocycles. The van der Waals surface area contributed by atoms with Gasteiger partial charge in [-0.15, -0.1) is 0 Å². The van der Waals surface area contributed by atoms with Crippen LogP contribution in [0.5, 0.6) is 0 Å². The van der Waals surface area contributed by atoms with Crippen LogP contribution < -0.4 is 5.32 Å². The molecule has 0 aromatic rings. The molecular formula is C60H104N2O7P+. The molecule has 0 aromatic carbocycles. The van der Waals surface area contributed by atoms with Gasteiger partial charge in [-0.2, -0.15) is 0 Å². The maximum absolute atomic E-state index is 13.4. The highest BCUT2D eigenvalue weighted by Crippen LogP contribution is 2.43. The fraction of sp³-hybridized carbons (Fsp3) is 0.667. The Labute approximate surface area is 430 Å². The normalized spacial score (nSPS) is 14.7. The molecule has 0 fully saturated rings. The van der Waals surface area contributed by atoms with Crippen LogP contribution in [0.15, 0.2) is 109 Å². The summed E-state index contributed by atoms with van der Waals surface area (Å²) in [5, 5.41) is 2.98. The number of esters is 1. The van der Waals surface area contributed by atoms with Gasteiger partial charge in [-0.1, -0.05) is 201 Å². The molecular weight excluding hydrogens is 892 g/mol. The lowest BCUT2D eigenvalue weighted by atomic mass is 10.1. The summed E-state index contributed by atoms with van der Waals surface area (Å²) in [6.45, 7) is 6.76. The number of rotatable bonds is 48. The molecule has 0 aromatic heterocycles. The predicted molar refractivity (Wildman–Crippen MR) is 300 cm³/mol. The lowest BCUT2D eigenvalue weighted by Crippen LogP contribution is -2.47. The Morgan fingerprint density at radius 2 is 0.929 bits per heavy atom. The number of likely N-dealkylation sites (N-methyl/N-ethyl adjacent to an activating group) is 1. The molecule has 0 saturated carbocycles. The van der Waals surface area contributed by atoms with Crippen molar-refractivity contribution in [2.24, 2.45) is 0 Å². The number of quaternary nitrogens is 1. The first kappa shape index (κ1) is 66.7. The quantitative estimate of drug-likeness (QED) is 0.0205. The molecule has 0 bridgehead atoms. The van der Waals surface area contributed by atoms with E-state index in [4.69, 9.17) is 13.8 Å². The number of hydrogen-bond donors (Lipinski definition) is 2. The second-order valence-corrected chi connectivity index (χ2v) is 20.8. The van der Waals surface area contributed by atoms with Gasteiger partial charge in [0.05, 0.1) is 33.8 Å². The molecule has 0 radical (unpaired) electrons. The van der Waals surface area contributed by atoms with E-state index in [2.05, 4.69) is 111 Å². The third-order valence-corrected chi connectivity index (χ3v) is 12.4. The van der Waals surface area contributed by atoms with Crippen LogP contribution >= 0.6 is 7.82 Å². The number of ether oxygens (including phenoxy) is 1. The second-order valence-electron chi connectivity index (χ2n) is 19.4. The second kappa shape index (κ2) is 49.3. The van der Waals surface area contributed by atoms with Crippen LogP contribution in [0.25, 0.3) is 0 Å². The SMILES string of the molecule is CC/C=C/C/C=C/C/C=C/C/C=C/C/C=C/CCC(=O)NC(COP(=O)(O)OCC[N+](C)(C)C)C(/C=C/CCCCCCCCCCC)OC(=O)CCCCCC/C=C\C/C=C\C/C=C\CCCCC. The molecule has 3 atom stereocenters. The van der Waals surface area contributed by atoms with E-state index in [0.29, 0.717) is 23.9 Å². The first-order valence-electron chi connectivity index (χ1n) is 27.7. The van der Waals surface area contributed by atoms with Crippen molar-refractivity contribution in [1.29, 1.82) is 0 Å². The minimum Gasteiger partial charge on any atom is -0.456 e. The molecule has 0 rings (SSSR count). The van der Waals surface area contributed by atoms with E-state index in [1.54, 1.807) is 0 Å². The van der Waals surface area contributed by atoms with Gasteiger partial charge in [-0.3, -0.25) is 18.6 Å². The molecule has 3 unspecified atom stereocenters. The van der Waals surface area contributed by atoms with Crippen molar-refractivity contribution in [1.82, 2.24) is 5.32 Å². The molecule has 1 amide bonds. The third-order valence-electron chi connectivity index (χ3n) is 11.5. The Hall–Kier alpha value is -3.33. The Morgan fingerprint density at radius 3 is 1.43 bits per heavy atom. The van der Waals surface area contributed by atoms with Crippen LogP contribution in [0.3, 0.4) is 0 Å². The maximum Gasteiger partial charge on any atom is 0.472 e. The molecule has 400 valence electrons. The summed E-state index contributed by atoms with van der Waals surface area (Å²) in [5.41, 5.74) is 0. The van der Waals surface area contributed by atoms with Crippen LogP contribution in [0.1, 0.15) is 207 Å². The van der Waals surface area contributed by atoms with Crippen molar-refractivity contribution in [2.75, 3.05) is 40.9 Å². The average Bonchev–Trinajstić information content (AvgIpc) is 3.32. The van der Waals surface area contributed by atoms with Crippen molar-refractivity contribution in [3.05, 3.63) is 109 Å². The maximum atomic E-state index is 13.4. The van der Waals surface area contributed by atoms with E-state index in [1.165, 1.54) is 70.6 Å². The lowest BCUT2D eigenvalue weighted by Gasteiger charge is -2.27. The number of amides is 1. The Morgan fingerprint density at radius 1 is 0.514 bits per heavy atom. The molecule has 0 aliphatic carbocycles. The molecule has 9 nitrogen and oxygen atoms in total. The molecule has 2 N–H and O–H groups in total. The average molecular weight is 996 g/mol. The van der Waals surface area contributed by atoms with Gasteiger partial charge in [-0.05, 0) is 102 Å². The van der Waals surface area contributed by atoms with Crippen LogP contribution in [-0.4, -0.2) is 74.3 Å². The van der Waals surface area contributed by atoms with E-state index >= 15 is 0 Å². The predicted octanol–water partition coefficient (Wildman–Crippen LogP) is 16.6.